The standard InChI is InChI=1S/C20H19FN2O2/c1-2-16-12-23-17(10-14-4-3-5-18(25-16)19(14)23)20(24)22-11-13-6-8-15(21)9-7-13/h3-10,16H,2,11-12H2,1H3,(H,22,24). The molecular formula is C20H19FN2O2. The molecule has 5 heteroatoms. The van der Waals surface area contributed by atoms with Gasteiger partial charge in [-0.3, -0.25) is 4.79 Å². The van der Waals surface area contributed by atoms with Crippen LogP contribution in [0.1, 0.15) is 29.4 Å². The lowest BCUT2D eigenvalue weighted by molar-refractivity contribution is 0.0935. The fourth-order valence-electron chi connectivity index (χ4n) is 3.27. The van der Waals surface area contributed by atoms with Crippen LogP contribution >= 0.6 is 0 Å². The van der Waals surface area contributed by atoms with Crippen LogP contribution in [0, 0.1) is 5.82 Å². The molecule has 0 bridgehead atoms. The second-order valence-corrected chi connectivity index (χ2v) is 6.29. The third-order valence-electron chi connectivity index (χ3n) is 4.62. The zero-order chi connectivity index (χ0) is 17.4. The van der Waals surface area contributed by atoms with Crippen molar-refractivity contribution in [3.63, 3.8) is 0 Å². The number of hydrogen-bond donors (Lipinski definition) is 1. The summed E-state index contributed by atoms with van der Waals surface area (Å²) in [6.45, 7) is 3.10. The van der Waals surface area contributed by atoms with Crippen molar-refractivity contribution >= 4 is 16.8 Å². The van der Waals surface area contributed by atoms with Gasteiger partial charge < -0.3 is 14.6 Å². The Balaban J connectivity index is 1.62. The summed E-state index contributed by atoms with van der Waals surface area (Å²) in [7, 11) is 0. The number of para-hydroxylation sites is 1. The van der Waals surface area contributed by atoms with E-state index in [-0.39, 0.29) is 17.8 Å². The molecule has 128 valence electrons. The van der Waals surface area contributed by atoms with E-state index in [0.29, 0.717) is 18.8 Å². The topological polar surface area (TPSA) is 43.3 Å². The number of ether oxygens (including phenoxy) is 1. The van der Waals surface area contributed by atoms with E-state index in [1.165, 1.54) is 12.1 Å². The molecule has 0 radical (unpaired) electrons. The van der Waals surface area contributed by atoms with Gasteiger partial charge in [-0.25, -0.2) is 4.39 Å². The lowest BCUT2D eigenvalue weighted by Gasteiger charge is -2.26. The summed E-state index contributed by atoms with van der Waals surface area (Å²) < 4.78 is 21.0. The predicted molar refractivity (Wildman–Crippen MR) is 94.2 cm³/mol. The van der Waals surface area contributed by atoms with E-state index in [0.717, 1.165) is 28.6 Å². The van der Waals surface area contributed by atoms with Gasteiger partial charge in [-0.1, -0.05) is 31.2 Å². The number of benzene rings is 2. The molecule has 25 heavy (non-hydrogen) atoms. The van der Waals surface area contributed by atoms with E-state index in [9.17, 15) is 9.18 Å². The summed E-state index contributed by atoms with van der Waals surface area (Å²) in [5, 5.41) is 3.92. The molecule has 1 unspecified atom stereocenters. The van der Waals surface area contributed by atoms with Gasteiger partial charge in [0, 0.05) is 11.9 Å². The maximum absolute atomic E-state index is 13.0. The molecule has 1 atom stereocenters. The van der Waals surface area contributed by atoms with Crippen LogP contribution in [0.3, 0.4) is 0 Å². The van der Waals surface area contributed by atoms with Crippen molar-refractivity contribution < 1.29 is 13.9 Å². The highest BCUT2D eigenvalue weighted by Gasteiger charge is 2.25. The Labute approximate surface area is 145 Å². The number of aromatic nitrogens is 1. The number of amides is 1. The Morgan fingerprint density at radius 2 is 2.08 bits per heavy atom. The Hall–Kier alpha value is -2.82. The van der Waals surface area contributed by atoms with Crippen molar-refractivity contribution in [2.24, 2.45) is 0 Å². The highest BCUT2D eigenvalue weighted by Crippen LogP contribution is 2.34. The van der Waals surface area contributed by atoms with Crippen LogP contribution in [0.25, 0.3) is 10.9 Å². The van der Waals surface area contributed by atoms with Crippen molar-refractivity contribution in [2.45, 2.75) is 32.5 Å². The molecule has 1 N–H and O–H groups in total. The smallest absolute Gasteiger partial charge is 0.268 e. The van der Waals surface area contributed by atoms with Gasteiger partial charge in [-0.2, -0.15) is 0 Å². The summed E-state index contributed by atoms with van der Waals surface area (Å²) in [6, 6.07) is 13.9. The minimum atomic E-state index is -0.282. The highest BCUT2D eigenvalue weighted by molar-refractivity contribution is 6.00. The van der Waals surface area contributed by atoms with E-state index >= 15 is 0 Å². The van der Waals surface area contributed by atoms with Crippen LogP contribution in [0.15, 0.2) is 48.5 Å². The number of halogens is 1. The summed E-state index contributed by atoms with van der Waals surface area (Å²) in [6.07, 6.45) is 0.944. The molecule has 0 aliphatic carbocycles. The number of nitrogens with one attached hydrogen (secondary N) is 1. The third-order valence-corrected chi connectivity index (χ3v) is 4.62. The summed E-state index contributed by atoms with van der Waals surface area (Å²) in [5.41, 5.74) is 2.46. The predicted octanol–water partition coefficient (Wildman–Crippen LogP) is 3.88. The zero-order valence-electron chi connectivity index (χ0n) is 14.0. The first-order chi connectivity index (χ1) is 12.2. The average molecular weight is 338 g/mol. The van der Waals surface area contributed by atoms with Crippen LogP contribution in [0.4, 0.5) is 4.39 Å². The van der Waals surface area contributed by atoms with E-state index in [4.69, 9.17) is 4.74 Å². The number of nitrogens with zero attached hydrogens (tertiary/aromatic N) is 1. The van der Waals surface area contributed by atoms with Gasteiger partial charge in [-0.05, 0) is 36.2 Å². The first-order valence-electron chi connectivity index (χ1n) is 8.47. The van der Waals surface area contributed by atoms with Gasteiger partial charge in [0.2, 0.25) is 0 Å². The molecule has 4 nitrogen and oxygen atoms in total. The fraction of sp³-hybridized carbons (Fsp3) is 0.250. The second kappa shape index (κ2) is 6.24. The van der Waals surface area contributed by atoms with Gasteiger partial charge in [-0.15, -0.1) is 0 Å². The van der Waals surface area contributed by atoms with Crippen LogP contribution in [0.5, 0.6) is 5.75 Å². The second-order valence-electron chi connectivity index (χ2n) is 6.29. The molecule has 0 saturated heterocycles. The van der Waals surface area contributed by atoms with E-state index in [1.54, 1.807) is 12.1 Å². The zero-order valence-corrected chi connectivity index (χ0v) is 14.0. The molecule has 0 fully saturated rings. The number of carbonyl (C=O) groups is 1. The monoisotopic (exact) mass is 338 g/mol. The minimum Gasteiger partial charge on any atom is -0.486 e. The van der Waals surface area contributed by atoms with E-state index in [2.05, 4.69) is 12.2 Å². The normalized spacial score (nSPS) is 15.8. The largest absolute Gasteiger partial charge is 0.486 e. The van der Waals surface area contributed by atoms with E-state index in [1.807, 2.05) is 28.8 Å². The van der Waals surface area contributed by atoms with Crippen LogP contribution in [-0.2, 0) is 13.1 Å². The minimum absolute atomic E-state index is 0.0640. The fourth-order valence-corrected chi connectivity index (χ4v) is 3.27. The quantitative estimate of drug-likeness (QED) is 0.784. The molecule has 1 aromatic heterocycles. The first kappa shape index (κ1) is 15.7. The molecule has 4 rings (SSSR count). The maximum Gasteiger partial charge on any atom is 0.268 e. The van der Waals surface area contributed by atoms with Crippen molar-refractivity contribution in [2.75, 3.05) is 0 Å². The summed E-state index contributed by atoms with van der Waals surface area (Å²) in [4.78, 5) is 12.7. The Morgan fingerprint density at radius 1 is 1.28 bits per heavy atom. The van der Waals surface area contributed by atoms with Crippen molar-refractivity contribution in [3.8, 4) is 5.75 Å². The Kier molecular flexibility index (Phi) is 3.92. The van der Waals surface area contributed by atoms with Crippen molar-refractivity contribution in [1.82, 2.24) is 9.88 Å². The molecule has 0 spiro atoms. The highest BCUT2D eigenvalue weighted by atomic mass is 19.1. The van der Waals surface area contributed by atoms with Crippen LogP contribution < -0.4 is 10.1 Å². The first-order valence-corrected chi connectivity index (χ1v) is 8.47. The van der Waals surface area contributed by atoms with Crippen molar-refractivity contribution in [1.29, 1.82) is 0 Å². The van der Waals surface area contributed by atoms with Gasteiger partial charge in [0.05, 0.1) is 12.1 Å². The third kappa shape index (κ3) is 2.86. The number of carbonyl (C=O) groups excluding carboxylic acids is 1. The van der Waals surface area contributed by atoms with Gasteiger partial charge in [0.1, 0.15) is 23.4 Å². The molecule has 2 heterocycles. The maximum atomic E-state index is 13.0. The van der Waals surface area contributed by atoms with E-state index < -0.39 is 0 Å². The van der Waals surface area contributed by atoms with Gasteiger partial charge in [0.15, 0.2) is 0 Å². The number of hydrogen-bond acceptors (Lipinski definition) is 2. The lowest BCUT2D eigenvalue weighted by Crippen LogP contribution is -2.31. The molecule has 1 amide bonds. The molecule has 1 aliphatic heterocycles. The molecule has 2 aromatic carbocycles. The van der Waals surface area contributed by atoms with Crippen LogP contribution in [0.2, 0.25) is 0 Å². The Bertz CT molecular complexity index is 931. The Morgan fingerprint density at radius 3 is 2.84 bits per heavy atom. The van der Waals surface area contributed by atoms with Gasteiger partial charge >= 0.3 is 0 Å². The SMILES string of the molecule is CCC1Cn2c(C(=O)NCc3ccc(F)cc3)cc3cccc(c32)O1. The number of rotatable bonds is 4. The molecular weight excluding hydrogens is 319 g/mol. The molecule has 3 aromatic rings. The lowest BCUT2D eigenvalue weighted by atomic mass is 10.2. The average Bonchev–Trinajstić information content (AvgIpc) is 3.01. The van der Waals surface area contributed by atoms with Gasteiger partial charge in [0.25, 0.3) is 5.91 Å². The molecule has 1 aliphatic rings. The summed E-state index contributed by atoms with van der Waals surface area (Å²) >= 11 is 0. The van der Waals surface area contributed by atoms with Crippen LogP contribution in [-0.4, -0.2) is 16.6 Å². The molecule has 0 saturated carbocycles. The summed E-state index contributed by atoms with van der Waals surface area (Å²) in [5.74, 6) is 0.409. The van der Waals surface area contributed by atoms with Crippen molar-refractivity contribution in [3.05, 3.63) is 65.6 Å².